The Bertz CT molecular complexity index is 1290. The second-order valence-corrected chi connectivity index (χ2v) is 6.12. The van der Waals surface area contributed by atoms with Gasteiger partial charge in [0.05, 0.1) is 10.9 Å². The third-order valence-corrected chi connectivity index (χ3v) is 4.24. The van der Waals surface area contributed by atoms with Gasteiger partial charge in [-0.15, -0.1) is 0 Å². The number of hydrogen-bond donors (Lipinski definition) is 1. The summed E-state index contributed by atoms with van der Waals surface area (Å²) in [4.78, 5) is 41.3. The molecule has 2 N–H and O–H groups in total. The molecule has 0 aliphatic carbocycles. The Kier molecular flexibility index (Phi) is 4.32. The third-order valence-electron chi connectivity index (χ3n) is 4.24. The summed E-state index contributed by atoms with van der Waals surface area (Å²) in [5, 5.41) is 4.17. The maximum atomic E-state index is 12.8. The fourth-order valence-corrected chi connectivity index (χ4v) is 2.98. The van der Waals surface area contributed by atoms with Crippen LogP contribution in [0.3, 0.4) is 0 Å². The summed E-state index contributed by atoms with van der Waals surface area (Å²) in [7, 11) is 0. The van der Waals surface area contributed by atoms with Gasteiger partial charge in [-0.05, 0) is 12.1 Å². The highest BCUT2D eigenvalue weighted by atomic mass is 16.5. The first-order chi connectivity index (χ1) is 13.5. The number of primary amides is 1. The van der Waals surface area contributed by atoms with Crippen LogP contribution in [0.1, 0.15) is 5.89 Å². The van der Waals surface area contributed by atoms with E-state index in [4.69, 9.17) is 10.3 Å². The molecule has 2 aromatic heterocycles. The van der Waals surface area contributed by atoms with Crippen molar-refractivity contribution in [2.75, 3.05) is 0 Å². The number of rotatable bonds is 5. The van der Waals surface area contributed by atoms with Crippen molar-refractivity contribution in [2.24, 2.45) is 5.73 Å². The number of hydrogen-bond acceptors (Lipinski definition) is 6. The number of fused-ring (bicyclic) bond motifs is 1. The maximum Gasteiger partial charge on any atom is 0.332 e. The minimum atomic E-state index is -0.693. The number of benzene rings is 2. The van der Waals surface area contributed by atoms with Gasteiger partial charge in [-0.1, -0.05) is 47.6 Å². The number of aromatic nitrogens is 4. The van der Waals surface area contributed by atoms with E-state index < -0.39 is 17.2 Å². The molecule has 2 heterocycles. The van der Waals surface area contributed by atoms with Crippen molar-refractivity contribution in [3.8, 4) is 11.4 Å². The fourth-order valence-electron chi connectivity index (χ4n) is 2.98. The van der Waals surface area contributed by atoms with Crippen LogP contribution in [0, 0.1) is 0 Å². The molecule has 0 unspecified atom stereocenters. The lowest BCUT2D eigenvalue weighted by atomic mass is 10.2. The standard InChI is InChI=1S/C19H15N5O4/c20-15(25)10-23-14-9-5-4-8-13(14)18(26)24(19(23)27)11-16-21-17(22-28-16)12-6-2-1-3-7-12/h1-9H,10-11H2,(H2,20,25). The van der Waals surface area contributed by atoms with Crippen molar-refractivity contribution in [1.29, 1.82) is 0 Å². The molecule has 0 aliphatic rings. The highest BCUT2D eigenvalue weighted by molar-refractivity contribution is 5.80. The van der Waals surface area contributed by atoms with E-state index in [1.54, 1.807) is 24.3 Å². The lowest BCUT2D eigenvalue weighted by molar-refractivity contribution is -0.118. The minimum absolute atomic E-state index is 0.0963. The maximum absolute atomic E-state index is 12.8. The van der Waals surface area contributed by atoms with E-state index in [0.29, 0.717) is 11.3 Å². The van der Waals surface area contributed by atoms with Gasteiger partial charge in [0.1, 0.15) is 13.1 Å². The molecule has 0 bridgehead atoms. The number of nitrogens with two attached hydrogens (primary N) is 1. The molecule has 0 radical (unpaired) electrons. The molecule has 140 valence electrons. The first kappa shape index (κ1) is 17.4. The van der Waals surface area contributed by atoms with Crippen LogP contribution < -0.4 is 17.0 Å². The zero-order valence-electron chi connectivity index (χ0n) is 14.6. The van der Waals surface area contributed by atoms with Crippen LogP contribution >= 0.6 is 0 Å². The largest absolute Gasteiger partial charge is 0.368 e. The molecule has 0 spiro atoms. The van der Waals surface area contributed by atoms with Crippen molar-refractivity contribution < 1.29 is 9.32 Å². The summed E-state index contributed by atoms with van der Waals surface area (Å²) >= 11 is 0. The van der Waals surface area contributed by atoms with E-state index >= 15 is 0 Å². The van der Waals surface area contributed by atoms with E-state index in [0.717, 1.165) is 14.7 Å². The topological polar surface area (TPSA) is 126 Å². The normalized spacial score (nSPS) is 11.0. The van der Waals surface area contributed by atoms with Crippen LogP contribution in [0.2, 0.25) is 0 Å². The zero-order chi connectivity index (χ0) is 19.7. The lowest BCUT2D eigenvalue weighted by Crippen LogP contribution is -2.42. The van der Waals surface area contributed by atoms with Crippen LogP contribution in [0.15, 0.2) is 68.7 Å². The van der Waals surface area contributed by atoms with E-state index in [2.05, 4.69) is 10.1 Å². The van der Waals surface area contributed by atoms with Gasteiger partial charge in [0.15, 0.2) is 0 Å². The van der Waals surface area contributed by atoms with Crippen molar-refractivity contribution >= 4 is 16.8 Å². The Balaban J connectivity index is 1.81. The Morgan fingerprint density at radius 1 is 1.00 bits per heavy atom. The summed E-state index contributed by atoms with van der Waals surface area (Å²) < 4.78 is 7.32. The Hall–Kier alpha value is -4.01. The van der Waals surface area contributed by atoms with Crippen LogP contribution in [0.4, 0.5) is 0 Å². The van der Waals surface area contributed by atoms with Crippen molar-refractivity contribution in [3.05, 3.63) is 81.3 Å². The van der Waals surface area contributed by atoms with E-state index in [1.165, 1.54) is 0 Å². The molecule has 0 saturated heterocycles. The first-order valence-corrected chi connectivity index (χ1v) is 8.43. The average Bonchev–Trinajstić information content (AvgIpc) is 3.18. The summed E-state index contributed by atoms with van der Waals surface area (Å²) in [6, 6.07) is 15.7. The third kappa shape index (κ3) is 3.09. The van der Waals surface area contributed by atoms with Crippen LogP contribution in [0.5, 0.6) is 0 Å². The molecule has 2 aromatic carbocycles. The SMILES string of the molecule is NC(=O)Cn1c(=O)n(Cc2nc(-c3ccccc3)no2)c(=O)c2ccccc21. The number of carbonyl (C=O) groups excluding carboxylic acids is 1. The Morgan fingerprint density at radius 2 is 1.71 bits per heavy atom. The van der Waals surface area contributed by atoms with Gasteiger partial charge >= 0.3 is 5.69 Å². The molecule has 1 amide bonds. The highest BCUT2D eigenvalue weighted by Gasteiger charge is 2.17. The van der Waals surface area contributed by atoms with E-state index in [1.807, 2.05) is 30.3 Å². The summed E-state index contributed by atoms with van der Waals surface area (Å²) in [6.45, 7) is -0.570. The number of para-hydroxylation sites is 1. The van der Waals surface area contributed by atoms with Gasteiger partial charge in [0, 0.05) is 5.56 Å². The molecule has 4 aromatic rings. The van der Waals surface area contributed by atoms with Gasteiger partial charge in [-0.2, -0.15) is 4.98 Å². The molecule has 28 heavy (non-hydrogen) atoms. The monoisotopic (exact) mass is 377 g/mol. The molecule has 0 aliphatic heterocycles. The number of carbonyl (C=O) groups is 1. The van der Waals surface area contributed by atoms with Crippen LogP contribution in [-0.2, 0) is 17.9 Å². The van der Waals surface area contributed by atoms with Crippen LogP contribution in [-0.4, -0.2) is 25.2 Å². The predicted molar refractivity (Wildman–Crippen MR) is 100 cm³/mol. The Morgan fingerprint density at radius 3 is 2.46 bits per heavy atom. The summed E-state index contributed by atoms with van der Waals surface area (Å²) in [5.74, 6) is -0.248. The molecule has 0 atom stereocenters. The first-order valence-electron chi connectivity index (χ1n) is 8.43. The molecular formula is C19H15N5O4. The lowest BCUT2D eigenvalue weighted by Gasteiger charge is -2.11. The molecule has 0 saturated carbocycles. The molecule has 4 rings (SSSR count). The number of amides is 1. The highest BCUT2D eigenvalue weighted by Crippen LogP contribution is 2.15. The van der Waals surface area contributed by atoms with Gasteiger partial charge < -0.3 is 10.3 Å². The molecule has 9 heteroatoms. The smallest absolute Gasteiger partial charge is 0.332 e. The average molecular weight is 377 g/mol. The van der Waals surface area contributed by atoms with Crippen molar-refractivity contribution in [2.45, 2.75) is 13.1 Å². The Labute approximate surface area is 157 Å². The molecule has 0 fully saturated rings. The van der Waals surface area contributed by atoms with Crippen molar-refractivity contribution in [1.82, 2.24) is 19.3 Å². The van der Waals surface area contributed by atoms with Crippen molar-refractivity contribution in [3.63, 3.8) is 0 Å². The van der Waals surface area contributed by atoms with E-state index in [-0.39, 0.29) is 24.4 Å². The summed E-state index contributed by atoms with van der Waals surface area (Å²) in [5.41, 5.74) is 5.16. The summed E-state index contributed by atoms with van der Waals surface area (Å²) in [6.07, 6.45) is 0. The van der Waals surface area contributed by atoms with E-state index in [9.17, 15) is 14.4 Å². The number of nitrogens with zero attached hydrogens (tertiary/aromatic N) is 4. The quantitative estimate of drug-likeness (QED) is 0.547. The van der Waals surface area contributed by atoms with Crippen LogP contribution in [0.25, 0.3) is 22.3 Å². The predicted octanol–water partition coefficient (Wildman–Crippen LogP) is 0.747. The molecule has 9 nitrogen and oxygen atoms in total. The minimum Gasteiger partial charge on any atom is -0.368 e. The zero-order valence-corrected chi connectivity index (χ0v) is 14.6. The second-order valence-electron chi connectivity index (χ2n) is 6.12. The second kappa shape index (κ2) is 6.95. The molecular weight excluding hydrogens is 362 g/mol. The fraction of sp³-hybridized carbons (Fsp3) is 0.105. The van der Waals surface area contributed by atoms with Gasteiger partial charge in [-0.25, -0.2) is 4.79 Å². The van der Waals surface area contributed by atoms with Gasteiger partial charge in [0.2, 0.25) is 17.6 Å². The van der Waals surface area contributed by atoms with Gasteiger partial charge in [-0.3, -0.25) is 18.7 Å². The van der Waals surface area contributed by atoms with Gasteiger partial charge in [0.25, 0.3) is 5.56 Å².